The summed E-state index contributed by atoms with van der Waals surface area (Å²) in [6.45, 7) is 2.85. The number of thiophene rings is 1. The summed E-state index contributed by atoms with van der Waals surface area (Å²) in [6.07, 6.45) is 1.87. The van der Waals surface area contributed by atoms with Gasteiger partial charge in [0.25, 0.3) is 0 Å². The molecule has 3 rings (SSSR count). The Morgan fingerprint density at radius 1 is 1.25 bits per heavy atom. The van der Waals surface area contributed by atoms with Crippen LogP contribution in [0.2, 0.25) is 0 Å². The molecule has 0 aliphatic rings. The van der Waals surface area contributed by atoms with E-state index in [0.717, 1.165) is 27.9 Å². The third kappa shape index (κ3) is 2.57. The number of fused-ring (bicyclic) bond motifs is 1. The number of rotatable bonds is 4. The van der Waals surface area contributed by atoms with Crippen LogP contribution in [0.1, 0.15) is 24.1 Å². The fourth-order valence-electron chi connectivity index (χ4n) is 2.34. The molecule has 0 saturated heterocycles. The summed E-state index contributed by atoms with van der Waals surface area (Å²) in [5.41, 5.74) is 2.99. The normalized spacial score (nSPS) is 12.7. The maximum atomic E-state index is 13.4. The van der Waals surface area contributed by atoms with E-state index in [1.807, 2.05) is 30.6 Å². The molecular weight excluding hydrogens is 271 g/mol. The van der Waals surface area contributed by atoms with Crippen LogP contribution in [-0.4, -0.2) is 11.5 Å². The van der Waals surface area contributed by atoms with Gasteiger partial charge in [-0.15, -0.1) is 11.3 Å². The van der Waals surface area contributed by atoms with Gasteiger partial charge in [-0.2, -0.15) is 0 Å². The van der Waals surface area contributed by atoms with Crippen LogP contribution in [-0.2, 0) is 0 Å². The number of nitrogens with zero attached hydrogens (tertiary/aromatic N) is 1. The number of hydrogen-bond acceptors (Lipinski definition) is 3. The Kier molecular flexibility index (Phi) is 3.76. The molecule has 0 fully saturated rings. The van der Waals surface area contributed by atoms with Gasteiger partial charge in [0.1, 0.15) is 5.82 Å². The molecule has 0 amide bonds. The minimum absolute atomic E-state index is 0.0327. The average Bonchev–Trinajstić information content (AvgIpc) is 2.92. The maximum absolute atomic E-state index is 13.4. The molecule has 2 heterocycles. The van der Waals surface area contributed by atoms with E-state index in [0.29, 0.717) is 0 Å². The first kappa shape index (κ1) is 13.2. The van der Waals surface area contributed by atoms with Crippen molar-refractivity contribution < 1.29 is 4.39 Å². The van der Waals surface area contributed by atoms with Crippen LogP contribution >= 0.6 is 11.3 Å². The van der Waals surface area contributed by atoms with Gasteiger partial charge in [-0.1, -0.05) is 19.1 Å². The lowest BCUT2D eigenvalue weighted by Gasteiger charge is -2.18. The van der Waals surface area contributed by atoms with Crippen molar-refractivity contribution in [2.24, 2.45) is 0 Å². The summed E-state index contributed by atoms with van der Waals surface area (Å²) in [4.78, 5) is 4.47. The topological polar surface area (TPSA) is 24.9 Å². The van der Waals surface area contributed by atoms with E-state index in [1.165, 1.54) is 6.07 Å². The number of halogens is 1. The first-order chi connectivity index (χ1) is 9.78. The Bertz CT molecular complexity index is 723. The molecule has 0 spiro atoms. The molecule has 3 aromatic rings. The molecule has 0 aliphatic heterocycles. The standard InChI is InChI=1S/C16H15FN2S/c1-2-18-16(11-4-3-5-13(17)8-11)12-9-15-14(19-10-12)6-7-20-15/h3-10,16,18H,2H2,1H3. The molecule has 2 aromatic heterocycles. The highest BCUT2D eigenvalue weighted by atomic mass is 32.1. The van der Waals surface area contributed by atoms with Crippen LogP contribution in [0.4, 0.5) is 4.39 Å². The zero-order chi connectivity index (χ0) is 13.9. The number of benzene rings is 1. The molecule has 0 radical (unpaired) electrons. The van der Waals surface area contributed by atoms with Crippen molar-refractivity contribution in [2.75, 3.05) is 6.54 Å². The summed E-state index contributed by atoms with van der Waals surface area (Å²) in [5.74, 6) is -0.212. The van der Waals surface area contributed by atoms with Gasteiger partial charge < -0.3 is 5.32 Å². The summed E-state index contributed by atoms with van der Waals surface area (Å²) in [5, 5.41) is 5.43. The van der Waals surface area contributed by atoms with Gasteiger partial charge in [-0.05, 0) is 47.3 Å². The lowest BCUT2D eigenvalue weighted by molar-refractivity contribution is 0.602. The molecule has 0 bridgehead atoms. The largest absolute Gasteiger partial charge is 0.306 e. The van der Waals surface area contributed by atoms with E-state index in [4.69, 9.17) is 0 Å². The summed E-state index contributed by atoms with van der Waals surface area (Å²) in [7, 11) is 0. The molecule has 102 valence electrons. The second-order valence-corrected chi connectivity index (χ2v) is 5.57. The molecule has 4 heteroatoms. The Morgan fingerprint density at radius 2 is 2.15 bits per heavy atom. The van der Waals surface area contributed by atoms with Gasteiger partial charge in [0.15, 0.2) is 0 Å². The molecule has 1 N–H and O–H groups in total. The van der Waals surface area contributed by atoms with Gasteiger partial charge in [0.05, 0.1) is 16.3 Å². The predicted octanol–water partition coefficient (Wildman–Crippen LogP) is 4.13. The Hall–Kier alpha value is -1.78. The van der Waals surface area contributed by atoms with Crippen molar-refractivity contribution in [1.29, 1.82) is 0 Å². The monoisotopic (exact) mass is 286 g/mol. The molecule has 0 saturated carbocycles. The van der Waals surface area contributed by atoms with Gasteiger partial charge in [0.2, 0.25) is 0 Å². The Balaban J connectivity index is 2.05. The quantitative estimate of drug-likeness (QED) is 0.780. The molecule has 0 aliphatic carbocycles. The third-order valence-electron chi connectivity index (χ3n) is 3.25. The molecule has 1 atom stereocenters. The second kappa shape index (κ2) is 5.69. The lowest BCUT2D eigenvalue weighted by Crippen LogP contribution is -2.22. The van der Waals surface area contributed by atoms with Crippen LogP contribution in [0.15, 0.2) is 48.0 Å². The first-order valence-corrected chi connectivity index (χ1v) is 7.48. The Labute approximate surface area is 121 Å². The highest BCUT2D eigenvalue weighted by molar-refractivity contribution is 7.17. The average molecular weight is 286 g/mol. The molecular formula is C16H15FN2S. The van der Waals surface area contributed by atoms with E-state index < -0.39 is 0 Å². The Morgan fingerprint density at radius 3 is 2.95 bits per heavy atom. The first-order valence-electron chi connectivity index (χ1n) is 6.60. The van der Waals surface area contributed by atoms with Crippen LogP contribution in [0.5, 0.6) is 0 Å². The van der Waals surface area contributed by atoms with Crippen molar-refractivity contribution in [2.45, 2.75) is 13.0 Å². The van der Waals surface area contributed by atoms with Crippen LogP contribution in [0.25, 0.3) is 10.2 Å². The number of aromatic nitrogens is 1. The predicted molar refractivity (Wildman–Crippen MR) is 81.5 cm³/mol. The number of nitrogens with one attached hydrogen (secondary N) is 1. The van der Waals surface area contributed by atoms with Crippen molar-refractivity contribution in [3.8, 4) is 0 Å². The SMILES string of the molecule is CCNC(c1cccc(F)c1)c1cnc2ccsc2c1. The smallest absolute Gasteiger partial charge is 0.123 e. The molecule has 2 nitrogen and oxygen atoms in total. The van der Waals surface area contributed by atoms with E-state index in [9.17, 15) is 4.39 Å². The zero-order valence-electron chi connectivity index (χ0n) is 11.1. The van der Waals surface area contributed by atoms with Crippen molar-refractivity contribution in [3.63, 3.8) is 0 Å². The van der Waals surface area contributed by atoms with Gasteiger partial charge in [0, 0.05) is 6.20 Å². The fourth-order valence-corrected chi connectivity index (χ4v) is 3.13. The van der Waals surface area contributed by atoms with Crippen LogP contribution < -0.4 is 5.32 Å². The van der Waals surface area contributed by atoms with Crippen molar-refractivity contribution in [1.82, 2.24) is 10.3 Å². The van der Waals surface area contributed by atoms with E-state index in [1.54, 1.807) is 23.5 Å². The van der Waals surface area contributed by atoms with Crippen molar-refractivity contribution >= 4 is 21.6 Å². The highest BCUT2D eigenvalue weighted by Crippen LogP contribution is 2.27. The fraction of sp³-hybridized carbons (Fsp3) is 0.188. The summed E-state index contributed by atoms with van der Waals surface area (Å²) < 4.78 is 14.6. The van der Waals surface area contributed by atoms with E-state index >= 15 is 0 Å². The zero-order valence-corrected chi connectivity index (χ0v) is 12.0. The van der Waals surface area contributed by atoms with Gasteiger partial charge in [-0.3, -0.25) is 4.98 Å². The maximum Gasteiger partial charge on any atom is 0.123 e. The van der Waals surface area contributed by atoms with Crippen molar-refractivity contribution in [3.05, 3.63) is 64.9 Å². The highest BCUT2D eigenvalue weighted by Gasteiger charge is 2.14. The number of hydrogen-bond donors (Lipinski definition) is 1. The minimum Gasteiger partial charge on any atom is -0.306 e. The molecule has 20 heavy (non-hydrogen) atoms. The van der Waals surface area contributed by atoms with Crippen LogP contribution in [0.3, 0.4) is 0 Å². The second-order valence-electron chi connectivity index (χ2n) is 4.62. The molecule has 1 unspecified atom stereocenters. The van der Waals surface area contributed by atoms with E-state index in [-0.39, 0.29) is 11.9 Å². The number of pyridine rings is 1. The van der Waals surface area contributed by atoms with E-state index in [2.05, 4.69) is 16.4 Å². The minimum atomic E-state index is -0.212. The lowest BCUT2D eigenvalue weighted by atomic mass is 10.00. The summed E-state index contributed by atoms with van der Waals surface area (Å²) >= 11 is 1.67. The van der Waals surface area contributed by atoms with Gasteiger partial charge in [-0.25, -0.2) is 4.39 Å². The van der Waals surface area contributed by atoms with Gasteiger partial charge >= 0.3 is 0 Å². The third-order valence-corrected chi connectivity index (χ3v) is 4.10. The molecule has 1 aromatic carbocycles. The summed E-state index contributed by atoms with van der Waals surface area (Å²) in [6, 6.07) is 10.8. The van der Waals surface area contributed by atoms with Crippen LogP contribution in [0, 0.1) is 5.82 Å².